The van der Waals surface area contributed by atoms with Crippen LogP contribution in [0.15, 0.2) is 48.8 Å². The summed E-state index contributed by atoms with van der Waals surface area (Å²) in [7, 11) is 0. The fraction of sp³-hybridized carbons (Fsp3) is 0.400. The zero-order chi connectivity index (χ0) is 16.8. The third-order valence-electron chi connectivity index (χ3n) is 4.79. The largest absolute Gasteiger partial charge is 0.465 e. The Labute approximate surface area is 141 Å². The molecule has 0 radical (unpaired) electrons. The van der Waals surface area contributed by atoms with Crippen LogP contribution < -0.4 is 0 Å². The molecule has 1 aliphatic carbocycles. The van der Waals surface area contributed by atoms with E-state index in [0.717, 1.165) is 49.7 Å². The van der Waals surface area contributed by atoms with Gasteiger partial charge in [-0.1, -0.05) is 31.0 Å². The maximum Gasteiger partial charge on any atom is 0.316 e. The quantitative estimate of drug-likeness (QED) is 0.589. The zero-order valence-electron chi connectivity index (χ0n) is 13.7. The number of esters is 1. The molecule has 0 N–H and O–H groups in total. The highest BCUT2D eigenvalue weighted by molar-refractivity contribution is 5.83. The van der Waals surface area contributed by atoms with Crippen LogP contribution in [0.1, 0.15) is 43.2 Å². The number of hydrogen-bond donors (Lipinski definition) is 0. The van der Waals surface area contributed by atoms with E-state index in [1.54, 1.807) is 12.3 Å². The third kappa shape index (κ3) is 3.64. The lowest BCUT2D eigenvalue weighted by Crippen LogP contribution is -2.35. The normalized spacial score (nSPS) is 16.0. The number of aryl methyl sites for hydroxylation is 1. The van der Waals surface area contributed by atoms with Crippen molar-refractivity contribution in [1.29, 1.82) is 0 Å². The lowest BCUT2D eigenvalue weighted by atomic mass is 9.79. The lowest BCUT2D eigenvalue weighted by Gasteiger charge is -2.27. The fourth-order valence-corrected chi connectivity index (χ4v) is 3.50. The number of ether oxygens (including phenoxy) is 1. The minimum atomic E-state index is -0.670. The maximum atomic E-state index is 13.6. The Hall–Kier alpha value is -2.23. The van der Waals surface area contributed by atoms with Gasteiger partial charge in [0.2, 0.25) is 0 Å². The minimum Gasteiger partial charge on any atom is -0.465 e. The number of nitrogens with zero attached hydrogens (tertiary/aromatic N) is 1. The first kappa shape index (κ1) is 16.6. The van der Waals surface area contributed by atoms with Crippen LogP contribution in [0.25, 0.3) is 0 Å². The average molecular weight is 327 g/mol. The van der Waals surface area contributed by atoms with Crippen molar-refractivity contribution >= 4 is 5.97 Å². The van der Waals surface area contributed by atoms with E-state index in [9.17, 15) is 9.18 Å². The number of carbonyl (C=O) groups excluding carboxylic acids is 1. The van der Waals surface area contributed by atoms with Crippen LogP contribution in [0.5, 0.6) is 0 Å². The van der Waals surface area contributed by atoms with Gasteiger partial charge in [-0.15, -0.1) is 0 Å². The number of benzene rings is 1. The van der Waals surface area contributed by atoms with E-state index in [-0.39, 0.29) is 11.8 Å². The molecule has 0 amide bonds. The molecule has 126 valence electrons. The number of carbonyl (C=O) groups is 1. The number of hydrogen-bond acceptors (Lipinski definition) is 3. The number of aromatic nitrogens is 1. The van der Waals surface area contributed by atoms with Gasteiger partial charge in [-0.3, -0.25) is 9.78 Å². The van der Waals surface area contributed by atoms with Crippen molar-refractivity contribution in [1.82, 2.24) is 4.98 Å². The summed E-state index contributed by atoms with van der Waals surface area (Å²) in [6.45, 7) is 0.380. The first-order chi connectivity index (χ1) is 11.7. The van der Waals surface area contributed by atoms with Crippen molar-refractivity contribution in [3.05, 3.63) is 65.7 Å². The molecule has 1 aromatic carbocycles. The smallest absolute Gasteiger partial charge is 0.316 e. The van der Waals surface area contributed by atoms with Gasteiger partial charge in [0.25, 0.3) is 0 Å². The second kappa shape index (κ2) is 7.56. The van der Waals surface area contributed by atoms with Crippen LogP contribution in [0.4, 0.5) is 4.39 Å². The second-order valence-corrected chi connectivity index (χ2v) is 6.40. The third-order valence-corrected chi connectivity index (χ3v) is 4.79. The molecule has 4 heteroatoms. The highest BCUT2D eigenvalue weighted by Crippen LogP contribution is 2.42. The van der Waals surface area contributed by atoms with Gasteiger partial charge in [-0.25, -0.2) is 4.39 Å². The molecule has 1 fully saturated rings. The monoisotopic (exact) mass is 327 g/mol. The van der Waals surface area contributed by atoms with Crippen LogP contribution in [0.2, 0.25) is 0 Å². The Morgan fingerprint density at radius 1 is 1.21 bits per heavy atom. The Bertz CT molecular complexity index is 681. The van der Waals surface area contributed by atoms with Crippen LogP contribution in [0.3, 0.4) is 0 Å². The van der Waals surface area contributed by atoms with Crippen molar-refractivity contribution in [2.75, 3.05) is 6.61 Å². The molecule has 1 saturated carbocycles. The van der Waals surface area contributed by atoms with Crippen molar-refractivity contribution in [2.24, 2.45) is 0 Å². The van der Waals surface area contributed by atoms with Crippen molar-refractivity contribution in [3.8, 4) is 0 Å². The molecular formula is C20H22FNO2. The van der Waals surface area contributed by atoms with Gasteiger partial charge in [0.15, 0.2) is 0 Å². The summed E-state index contributed by atoms with van der Waals surface area (Å²) < 4.78 is 19.2. The van der Waals surface area contributed by atoms with Crippen molar-refractivity contribution in [3.63, 3.8) is 0 Å². The summed E-state index contributed by atoms with van der Waals surface area (Å²) in [5.74, 6) is -0.514. The van der Waals surface area contributed by atoms with Gasteiger partial charge in [0, 0.05) is 12.4 Å². The lowest BCUT2D eigenvalue weighted by molar-refractivity contribution is -0.150. The summed E-state index contributed by atoms with van der Waals surface area (Å²) >= 11 is 0. The summed E-state index contributed by atoms with van der Waals surface area (Å²) in [6, 6.07) is 10.3. The van der Waals surface area contributed by atoms with E-state index in [4.69, 9.17) is 4.74 Å². The van der Waals surface area contributed by atoms with Gasteiger partial charge in [0.05, 0.1) is 12.0 Å². The number of halogens is 1. The summed E-state index contributed by atoms with van der Waals surface area (Å²) in [6.07, 6.45) is 8.57. The Balaban J connectivity index is 1.61. The Morgan fingerprint density at radius 3 is 2.75 bits per heavy atom. The molecule has 24 heavy (non-hydrogen) atoms. The molecule has 0 bridgehead atoms. The SMILES string of the molecule is O=C(OCCCc1cccnc1)C1(c2cccc(F)c2)CCCC1. The standard InChI is InChI=1S/C20H22FNO2/c21-18-9-3-8-17(14-18)20(10-1-2-11-20)19(23)24-13-5-7-16-6-4-12-22-15-16/h3-4,6,8-9,12,14-15H,1-2,5,7,10-11,13H2. The molecule has 0 spiro atoms. The predicted molar refractivity (Wildman–Crippen MR) is 90.1 cm³/mol. The van der Waals surface area contributed by atoms with Gasteiger partial charge in [0.1, 0.15) is 5.82 Å². The van der Waals surface area contributed by atoms with E-state index in [0.29, 0.717) is 6.61 Å². The number of pyridine rings is 1. The molecule has 3 nitrogen and oxygen atoms in total. The summed E-state index contributed by atoms with van der Waals surface area (Å²) in [5, 5.41) is 0. The maximum absolute atomic E-state index is 13.6. The second-order valence-electron chi connectivity index (χ2n) is 6.40. The van der Waals surface area contributed by atoms with E-state index >= 15 is 0 Å². The summed E-state index contributed by atoms with van der Waals surface area (Å²) in [4.78, 5) is 16.8. The van der Waals surface area contributed by atoms with Gasteiger partial charge >= 0.3 is 5.97 Å². The highest BCUT2D eigenvalue weighted by atomic mass is 19.1. The fourth-order valence-electron chi connectivity index (χ4n) is 3.50. The Morgan fingerprint density at radius 2 is 2.04 bits per heavy atom. The van der Waals surface area contributed by atoms with Crippen LogP contribution in [-0.2, 0) is 21.4 Å². The van der Waals surface area contributed by atoms with Crippen LogP contribution in [0, 0.1) is 5.82 Å². The first-order valence-electron chi connectivity index (χ1n) is 8.53. The molecule has 0 unspecified atom stereocenters. The van der Waals surface area contributed by atoms with Crippen molar-refractivity contribution in [2.45, 2.75) is 43.9 Å². The summed E-state index contributed by atoms with van der Waals surface area (Å²) in [5.41, 5.74) is 1.21. The first-order valence-corrected chi connectivity index (χ1v) is 8.53. The van der Waals surface area contributed by atoms with Gasteiger partial charge in [-0.2, -0.15) is 0 Å². The topological polar surface area (TPSA) is 39.2 Å². The zero-order valence-corrected chi connectivity index (χ0v) is 13.7. The predicted octanol–water partition coefficient (Wildman–Crippen LogP) is 4.21. The molecule has 3 rings (SSSR count). The molecule has 0 aliphatic heterocycles. The average Bonchev–Trinajstić information content (AvgIpc) is 3.11. The van der Waals surface area contributed by atoms with Crippen LogP contribution in [-0.4, -0.2) is 17.6 Å². The van der Waals surface area contributed by atoms with E-state index < -0.39 is 5.41 Å². The highest BCUT2D eigenvalue weighted by Gasteiger charge is 2.44. The molecular weight excluding hydrogens is 305 g/mol. The van der Waals surface area contributed by atoms with Crippen LogP contribution >= 0.6 is 0 Å². The number of rotatable bonds is 6. The molecule has 1 heterocycles. The van der Waals surface area contributed by atoms with E-state index in [1.807, 2.05) is 24.4 Å². The molecule has 0 atom stereocenters. The molecule has 2 aromatic rings. The molecule has 1 aliphatic rings. The molecule has 1 aromatic heterocycles. The Kier molecular flexibility index (Phi) is 5.24. The van der Waals surface area contributed by atoms with E-state index in [1.165, 1.54) is 12.1 Å². The minimum absolute atomic E-state index is 0.211. The van der Waals surface area contributed by atoms with Gasteiger partial charge < -0.3 is 4.74 Å². The molecule has 0 saturated heterocycles. The van der Waals surface area contributed by atoms with Crippen molar-refractivity contribution < 1.29 is 13.9 Å². The van der Waals surface area contributed by atoms with Gasteiger partial charge in [-0.05, 0) is 55.0 Å². The van der Waals surface area contributed by atoms with E-state index in [2.05, 4.69) is 4.98 Å².